The van der Waals surface area contributed by atoms with Crippen LogP contribution in [0, 0.1) is 11.3 Å². The summed E-state index contributed by atoms with van der Waals surface area (Å²) in [6.45, 7) is 1.49. The van der Waals surface area contributed by atoms with Crippen molar-refractivity contribution in [3.63, 3.8) is 0 Å². The fourth-order valence-electron chi connectivity index (χ4n) is 1.33. The van der Waals surface area contributed by atoms with Crippen molar-refractivity contribution in [2.45, 2.75) is 24.3 Å². The number of nitrogens with zero attached hydrogens (tertiary/aromatic N) is 1. The van der Waals surface area contributed by atoms with Crippen LogP contribution in [0.15, 0.2) is 29.2 Å². The van der Waals surface area contributed by atoms with Gasteiger partial charge < -0.3 is 5.11 Å². The molecule has 2 N–H and O–H groups in total. The normalized spacial score (nSPS) is 13.0. The zero-order valence-corrected chi connectivity index (χ0v) is 10.2. The van der Waals surface area contributed by atoms with Crippen molar-refractivity contribution >= 4 is 10.0 Å². The van der Waals surface area contributed by atoms with E-state index in [4.69, 9.17) is 10.4 Å². The molecule has 0 unspecified atom stereocenters. The molecule has 0 heterocycles. The van der Waals surface area contributed by atoms with Gasteiger partial charge in [-0.25, -0.2) is 13.1 Å². The Balaban J connectivity index is 3.10. The lowest BCUT2D eigenvalue weighted by Gasteiger charge is -2.14. The summed E-state index contributed by atoms with van der Waals surface area (Å²) in [6, 6.07) is 7.25. The zero-order chi connectivity index (χ0) is 12.9. The van der Waals surface area contributed by atoms with Crippen LogP contribution in [0.5, 0.6) is 0 Å². The first-order chi connectivity index (χ1) is 8.05. The lowest BCUT2D eigenvalue weighted by molar-refractivity contribution is 0.254. The van der Waals surface area contributed by atoms with E-state index < -0.39 is 16.1 Å². The SMILES string of the molecule is CC[C@H](CO)NS(=O)(=O)c1ccccc1C#N. The van der Waals surface area contributed by atoms with Crippen molar-refractivity contribution in [2.75, 3.05) is 6.61 Å². The highest BCUT2D eigenvalue weighted by atomic mass is 32.2. The molecule has 6 heteroatoms. The van der Waals surface area contributed by atoms with E-state index in [0.717, 1.165) is 0 Å². The largest absolute Gasteiger partial charge is 0.395 e. The van der Waals surface area contributed by atoms with E-state index in [1.165, 1.54) is 12.1 Å². The van der Waals surface area contributed by atoms with E-state index in [1.54, 1.807) is 19.1 Å². The molecule has 1 aromatic carbocycles. The van der Waals surface area contributed by atoms with E-state index in [2.05, 4.69) is 4.72 Å². The number of benzene rings is 1. The molecule has 0 saturated heterocycles. The summed E-state index contributed by atoms with van der Waals surface area (Å²) in [7, 11) is -3.76. The second kappa shape index (κ2) is 5.77. The van der Waals surface area contributed by atoms with Crippen molar-refractivity contribution in [1.82, 2.24) is 4.72 Å². The van der Waals surface area contributed by atoms with Crippen LogP contribution < -0.4 is 4.72 Å². The van der Waals surface area contributed by atoms with Crippen LogP contribution in [0.25, 0.3) is 0 Å². The Morgan fingerprint density at radius 2 is 2.12 bits per heavy atom. The molecule has 0 amide bonds. The maximum absolute atomic E-state index is 12.0. The van der Waals surface area contributed by atoms with Gasteiger partial charge in [-0.2, -0.15) is 5.26 Å². The molecule has 0 spiro atoms. The van der Waals surface area contributed by atoms with Crippen LogP contribution in [0.1, 0.15) is 18.9 Å². The van der Waals surface area contributed by atoms with Crippen LogP contribution in [0.4, 0.5) is 0 Å². The quantitative estimate of drug-likeness (QED) is 0.805. The molecule has 0 bridgehead atoms. The summed E-state index contributed by atoms with van der Waals surface area (Å²) in [6.07, 6.45) is 0.477. The molecule has 0 aliphatic rings. The van der Waals surface area contributed by atoms with Gasteiger partial charge >= 0.3 is 0 Å². The average molecular weight is 254 g/mol. The van der Waals surface area contributed by atoms with Gasteiger partial charge in [0.15, 0.2) is 0 Å². The Morgan fingerprint density at radius 3 is 2.65 bits per heavy atom. The van der Waals surface area contributed by atoms with Gasteiger partial charge in [0.1, 0.15) is 6.07 Å². The van der Waals surface area contributed by atoms with E-state index in [-0.39, 0.29) is 17.1 Å². The van der Waals surface area contributed by atoms with Gasteiger partial charge in [0.2, 0.25) is 10.0 Å². The number of nitriles is 1. The highest BCUT2D eigenvalue weighted by Crippen LogP contribution is 2.14. The Morgan fingerprint density at radius 1 is 1.47 bits per heavy atom. The second-order valence-corrected chi connectivity index (χ2v) is 5.20. The zero-order valence-electron chi connectivity index (χ0n) is 9.42. The Bertz CT molecular complexity index is 516. The van der Waals surface area contributed by atoms with Crippen molar-refractivity contribution < 1.29 is 13.5 Å². The summed E-state index contributed by atoms with van der Waals surface area (Å²) in [4.78, 5) is -0.0607. The molecule has 0 radical (unpaired) electrons. The summed E-state index contributed by atoms with van der Waals surface area (Å²) in [5, 5.41) is 17.8. The first-order valence-electron chi connectivity index (χ1n) is 5.17. The van der Waals surface area contributed by atoms with Crippen molar-refractivity contribution in [3.05, 3.63) is 29.8 Å². The number of aliphatic hydroxyl groups is 1. The van der Waals surface area contributed by atoms with Gasteiger partial charge in [0, 0.05) is 6.04 Å². The number of rotatable bonds is 5. The minimum Gasteiger partial charge on any atom is -0.395 e. The number of nitrogens with one attached hydrogen (secondary N) is 1. The highest BCUT2D eigenvalue weighted by molar-refractivity contribution is 7.89. The maximum atomic E-state index is 12.0. The number of hydrogen-bond donors (Lipinski definition) is 2. The molecule has 92 valence electrons. The monoisotopic (exact) mass is 254 g/mol. The van der Waals surface area contributed by atoms with E-state index >= 15 is 0 Å². The molecule has 0 aliphatic carbocycles. The fourth-order valence-corrected chi connectivity index (χ4v) is 2.79. The van der Waals surface area contributed by atoms with Crippen LogP contribution >= 0.6 is 0 Å². The van der Waals surface area contributed by atoms with Crippen molar-refractivity contribution in [2.24, 2.45) is 0 Å². The third-order valence-corrected chi connectivity index (χ3v) is 3.91. The predicted molar refractivity (Wildman–Crippen MR) is 62.6 cm³/mol. The molecule has 1 aromatic rings. The molecule has 0 fully saturated rings. The third-order valence-electron chi connectivity index (χ3n) is 2.33. The summed E-state index contributed by atoms with van der Waals surface area (Å²) in [5.41, 5.74) is 0.0905. The molecule has 17 heavy (non-hydrogen) atoms. The summed E-state index contributed by atoms with van der Waals surface area (Å²) < 4.78 is 26.3. The highest BCUT2D eigenvalue weighted by Gasteiger charge is 2.21. The second-order valence-electron chi connectivity index (χ2n) is 3.52. The van der Waals surface area contributed by atoms with Crippen LogP contribution in [-0.4, -0.2) is 26.2 Å². The van der Waals surface area contributed by atoms with Gasteiger partial charge in [0.05, 0.1) is 17.1 Å². The Kier molecular flexibility index (Phi) is 4.63. The number of hydrogen-bond acceptors (Lipinski definition) is 4. The fraction of sp³-hybridized carbons (Fsp3) is 0.364. The molecule has 1 rings (SSSR count). The average Bonchev–Trinajstić information content (AvgIpc) is 2.35. The lowest BCUT2D eigenvalue weighted by Crippen LogP contribution is -2.37. The molecule has 0 aliphatic heterocycles. The molecular weight excluding hydrogens is 240 g/mol. The van der Waals surface area contributed by atoms with Crippen molar-refractivity contribution in [3.8, 4) is 6.07 Å². The topological polar surface area (TPSA) is 90.2 Å². The number of aliphatic hydroxyl groups excluding tert-OH is 1. The minimum atomic E-state index is -3.76. The standard InChI is InChI=1S/C11H14N2O3S/c1-2-10(8-14)13-17(15,16)11-6-4-3-5-9(11)7-12/h3-6,10,13-14H,2,8H2,1H3/t10-/m1/s1. The molecule has 0 saturated carbocycles. The molecule has 0 aromatic heterocycles. The van der Waals surface area contributed by atoms with Gasteiger partial charge in [-0.1, -0.05) is 19.1 Å². The van der Waals surface area contributed by atoms with Gasteiger partial charge in [-0.15, -0.1) is 0 Å². The van der Waals surface area contributed by atoms with Gasteiger partial charge in [0.25, 0.3) is 0 Å². The summed E-state index contributed by atoms with van der Waals surface area (Å²) >= 11 is 0. The Hall–Kier alpha value is -1.42. The third kappa shape index (κ3) is 3.27. The lowest BCUT2D eigenvalue weighted by atomic mass is 10.2. The molecular formula is C11H14N2O3S. The predicted octanol–water partition coefficient (Wildman–Crippen LogP) is 0.607. The Labute approximate surface area is 101 Å². The number of sulfonamides is 1. The minimum absolute atomic E-state index is 0.0607. The van der Waals surface area contributed by atoms with Crippen LogP contribution in [0.2, 0.25) is 0 Å². The first-order valence-corrected chi connectivity index (χ1v) is 6.65. The van der Waals surface area contributed by atoms with Gasteiger partial charge in [-0.3, -0.25) is 0 Å². The van der Waals surface area contributed by atoms with Crippen LogP contribution in [-0.2, 0) is 10.0 Å². The van der Waals surface area contributed by atoms with E-state index in [1.807, 2.05) is 6.07 Å². The smallest absolute Gasteiger partial charge is 0.242 e. The van der Waals surface area contributed by atoms with E-state index in [0.29, 0.717) is 6.42 Å². The van der Waals surface area contributed by atoms with Crippen molar-refractivity contribution in [1.29, 1.82) is 5.26 Å². The molecule has 1 atom stereocenters. The maximum Gasteiger partial charge on any atom is 0.242 e. The van der Waals surface area contributed by atoms with E-state index in [9.17, 15) is 8.42 Å². The van der Waals surface area contributed by atoms with Crippen LogP contribution in [0.3, 0.4) is 0 Å². The molecule has 5 nitrogen and oxygen atoms in total. The summed E-state index contributed by atoms with van der Waals surface area (Å²) in [5.74, 6) is 0. The van der Waals surface area contributed by atoms with Gasteiger partial charge in [-0.05, 0) is 18.6 Å². The first kappa shape index (κ1) is 13.6.